The van der Waals surface area contributed by atoms with Gasteiger partial charge in [-0.1, -0.05) is 0 Å². The first kappa shape index (κ1) is 21.1. The zero-order valence-corrected chi connectivity index (χ0v) is 19.0. The van der Waals surface area contributed by atoms with Gasteiger partial charge in [0.15, 0.2) is 11.5 Å². The minimum Gasteiger partial charge on any atom is -0.493 e. The molecule has 0 radical (unpaired) electrons. The van der Waals surface area contributed by atoms with E-state index in [0.717, 1.165) is 55.5 Å². The molecule has 2 aromatic rings. The minimum atomic E-state index is -0.399. The molecule has 2 aliphatic heterocycles. The number of nitrogens with zero attached hydrogens (tertiary/aromatic N) is 2. The summed E-state index contributed by atoms with van der Waals surface area (Å²) in [4.78, 5) is 19.9. The lowest BCUT2D eigenvalue weighted by Crippen LogP contribution is -2.48. The molecular weight excluding hydrogens is 408 g/mol. The van der Waals surface area contributed by atoms with E-state index in [-0.39, 0.29) is 5.91 Å². The fourth-order valence-corrected chi connectivity index (χ4v) is 5.40. The number of benzene rings is 1. The molecule has 1 spiro atoms. The van der Waals surface area contributed by atoms with Gasteiger partial charge in [0.1, 0.15) is 5.56 Å². The summed E-state index contributed by atoms with van der Waals surface area (Å²) in [5, 5.41) is 0. The Labute approximate surface area is 188 Å². The standard InChI is InChI=1S/C25H30N2O5/c1-29-21-14-16-7-12-32-25(19(16)15-22(21)30-2)8-10-27(11-9-25)24(28)18-13-17-5-4-6-20(17)26-23(18)31-3/h13-15H,4-12H2,1-3H3. The number of fused-ring (bicyclic) bond motifs is 3. The summed E-state index contributed by atoms with van der Waals surface area (Å²) in [6, 6.07) is 6.11. The average molecular weight is 439 g/mol. The van der Waals surface area contributed by atoms with Gasteiger partial charge in [-0.2, -0.15) is 0 Å². The molecule has 1 aliphatic carbocycles. The number of rotatable bonds is 4. The van der Waals surface area contributed by atoms with Crippen molar-refractivity contribution < 1.29 is 23.7 Å². The predicted octanol–water partition coefficient (Wildman–Crippen LogP) is 3.30. The van der Waals surface area contributed by atoms with Crippen LogP contribution < -0.4 is 14.2 Å². The molecule has 3 heterocycles. The lowest BCUT2D eigenvalue weighted by Gasteiger charge is -2.45. The predicted molar refractivity (Wildman–Crippen MR) is 119 cm³/mol. The number of aromatic nitrogens is 1. The zero-order valence-electron chi connectivity index (χ0n) is 19.0. The fraction of sp³-hybridized carbons (Fsp3) is 0.520. The van der Waals surface area contributed by atoms with Crippen molar-refractivity contribution >= 4 is 5.91 Å². The molecule has 1 saturated heterocycles. The van der Waals surface area contributed by atoms with E-state index in [0.29, 0.717) is 36.9 Å². The summed E-state index contributed by atoms with van der Waals surface area (Å²) in [5.41, 5.74) is 4.80. The number of ether oxygens (including phenoxy) is 4. The number of amides is 1. The van der Waals surface area contributed by atoms with Crippen molar-refractivity contribution in [1.82, 2.24) is 9.88 Å². The van der Waals surface area contributed by atoms with Crippen molar-refractivity contribution in [2.75, 3.05) is 41.0 Å². The maximum atomic E-state index is 13.4. The number of carbonyl (C=O) groups excluding carboxylic acids is 1. The molecule has 7 heteroatoms. The molecule has 7 nitrogen and oxygen atoms in total. The molecule has 1 aromatic heterocycles. The fourth-order valence-electron chi connectivity index (χ4n) is 5.40. The first-order chi connectivity index (χ1) is 15.6. The van der Waals surface area contributed by atoms with Gasteiger partial charge in [0.05, 0.1) is 33.5 Å². The molecule has 0 unspecified atom stereocenters. The van der Waals surface area contributed by atoms with E-state index >= 15 is 0 Å². The smallest absolute Gasteiger partial charge is 0.259 e. The summed E-state index contributed by atoms with van der Waals surface area (Å²) < 4.78 is 22.9. The van der Waals surface area contributed by atoms with Crippen LogP contribution in [-0.2, 0) is 29.6 Å². The van der Waals surface area contributed by atoms with Gasteiger partial charge >= 0.3 is 0 Å². The Morgan fingerprint density at radius 2 is 1.72 bits per heavy atom. The number of pyridine rings is 1. The van der Waals surface area contributed by atoms with E-state index in [1.165, 1.54) is 11.1 Å². The summed E-state index contributed by atoms with van der Waals surface area (Å²) >= 11 is 0. The molecule has 3 aliphatic rings. The quantitative estimate of drug-likeness (QED) is 0.730. The molecule has 5 rings (SSSR count). The third kappa shape index (κ3) is 3.39. The number of hydrogen-bond donors (Lipinski definition) is 0. The van der Waals surface area contributed by atoms with Gasteiger partial charge in [-0.05, 0) is 73.4 Å². The Bertz CT molecular complexity index is 1040. The molecular formula is C25H30N2O5. The van der Waals surface area contributed by atoms with E-state index in [2.05, 4.69) is 17.1 Å². The van der Waals surface area contributed by atoms with E-state index in [1.54, 1.807) is 21.3 Å². The molecule has 0 bridgehead atoms. The van der Waals surface area contributed by atoms with Gasteiger partial charge in [0.2, 0.25) is 5.88 Å². The van der Waals surface area contributed by atoms with Crippen LogP contribution in [0, 0.1) is 0 Å². The largest absolute Gasteiger partial charge is 0.493 e. The Balaban J connectivity index is 1.39. The normalized spacial score (nSPS) is 18.8. The van der Waals surface area contributed by atoms with Crippen molar-refractivity contribution in [1.29, 1.82) is 0 Å². The number of likely N-dealkylation sites (tertiary alicyclic amines) is 1. The highest BCUT2D eigenvalue weighted by atomic mass is 16.5. The topological polar surface area (TPSA) is 70.1 Å². The van der Waals surface area contributed by atoms with Crippen LogP contribution in [-0.4, -0.2) is 56.8 Å². The molecule has 1 aromatic carbocycles. The molecule has 170 valence electrons. The first-order valence-electron chi connectivity index (χ1n) is 11.3. The van der Waals surface area contributed by atoms with Crippen molar-refractivity contribution in [2.45, 2.75) is 44.1 Å². The summed E-state index contributed by atoms with van der Waals surface area (Å²) in [6.45, 7) is 1.90. The van der Waals surface area contributed by atoms with Gasteiger partial charge in [0, 0.05) is 18.8 Å². The number of piperidine rings is 1. The Kier molecular flexibility index (Phi) is 5.45. The lowest BCUT2D eigenvalue weighted by atomic mass is 9.79. The molecule has 0 atom stereocenters. The van der Waals surface area contributed by atoms with Gasteiger partial charge in [-0.15, -0.1) is 0 Å². The van der Waals surface area contributed by atoms with Gasteiger partial charge in [-0.3, -0.25) is 4.79 Å². The van der Waals surface area contributed by atoms with Crippen LogP contribution in [0.1, 0.15) is 52.0 Å². The summed E-state index contributed by atoms with van der Waals surface area (Å²) in [5.74, 6) is 1.88. The lowest BCUT2D eigenvalue weighted by molar-refractivity contribution is -0.0936. The highest BCUT2D eigenvalue weighted by molar-refractivity contribution is 5.96. The SMILES string of the molecule is COc1cc2c(cc1OC)C1(CCN(C(=O)c3cc4c(nc3OC)CCC4)CC1)OCC2. The van der Waals surface area contributed by atoms with Gasteiger partial charge in [-0.25, -0.2) is 4.98 Å². The van der Waals surface area contributed by atoms with Crippen LogP contribution in [0.25, 0.3) is 0 Å². The number of methoxy groups -OCH3 is 3. The number of hydrogen-bond acceptors (Lipinski definition) is 6. The molecule has 0 saturated carbocycles. The Hall–Kier alpha value is -2.80. The second-order valence-corrected chi connectivity index (χ2v) is 8.75. The van der Waals surface area contributed by atoms with Crippen LogP contribution in [0.4, 0.5) is 0 Å². The maximum absolute atomic E-state index is 13.4. The van der Waals surface area contributed by atoms with Crippen molar-refractivity contribution in [3.8, 4) is 17.4 Å². The van der Waals surface area contributed by atoms with Gasteiger partial charge < -0.3 is 23.8 Å². The van der Waals surface area contributed by atoms with Crippen molar-refractivity contribution in [3.63, 3.8) is 0 Å². The minimum absolute atomic E-state index is 0.0118. The van der Waals surface area contributed by atoms with Crippen LogP contribution in [0.3, 0.4) is 0 Å². The van der Waals surface area contributed by atoms with Gasteiger partial charge in [0.25, 0.3) is 5.91 Å². The van der Waals surface area contributed by atoms with E-state index in [4.69, 9.17) is 18.9 Å². The monoisotopic (exact) mass is 438 g/mol. The van der Waals surface area contributed by atoms with E-state index in [1.807, 2.05) is 11.0 Å². The highest BCUT2D eigenvalue weighted by Crippen LogP contribution is 2.45. The average Bonchev–Trinajstić information content (AvgIpc) is 3.30. The molecule has 0 N–H and O–H groups in total. The zero-order chi connectivity index (χ0) is 22.3. The van der Waals surface area contributed by atoms with Crippen molar-refractivity contribution in [2.24, 2.45) is 0 Å². The third-order valence-electron chi connectivity index (χ3n) is 7.15. The summed E-state index contributed by atoms with van der Waals surface area (Å²) in [7, 11) is 4.89. The number of aryl methyl sites for hydroxylation is 2. The molecule has 1 amide bonds. The number of carbonyl (C=O) groups is 1. The summed E-state index contributed by atoms with van der Waals surface area (Å²) in [6.07, 6.45) is 5.34. The molecule has 1 fully saturated rings. The van der Waals surface area contributed by atoms with Crippen molar-refractivity contribution in [3.05, 3.63) is 46.1 Å². The van der Waals surface area contributed by atoms with E-state index in [9.17, 15) is 4.79 Å². The van der Waals surface area contributed by atoms with Crippen LogP contribution in [0.15, 0.2) is 18.2 Å². The maximum Gasteiger partial charge on any atom is 0.259 e. The molecule has 32 heavy (non-hydrogen) atoms. The van der Waals surface area contributed by atoms with E-state index < -0.39 is 5.60 Å². The van der Waals surface area contributed by atoms with Crippen LogP contribution in [0.2, 0.25) is 0 Å². The van der Waals surface area contributed by atoms with Crippen LogP contribution >= 0.6 is 0 Å². The Morgan fingerprint density at radius 1 is 0.969 bits per heavy atom. The first-order valence-corrected chi connectivity index (χ1v) is 11.3. The second kappa shape index (κ2) is 8.28. The highest BCUT2D eigenvalue weighted by Gasteiger charge is 2.43. The van der Waals surface area contributed by atoms with Crippen LogP contribution in [0.5, 0.6) is 17.4 Å². The Morgan fingerprint density at radius 3 is 2.44 bits per heavy atom. The second-order valence-electron chi connectivity index (χ2n) is 8.75. The third-order valence-corrected chi connectivity index (χ3v) is 7.15.